The van der Waals surface area contributed by atoms with E-state index in [2.05, 4.69) is 37.1 Å². The molecule has 0 saturated heterocycles. The lowest BCUT2D eigenvalue weighted by Crippen LogP contribution is -2.47. The van der Waals surface area contributed by atoms with Crippen LogP contribution in [0.25, 0.3) is 0 Å². The average Bonchev–Trinajstić information content (AvgIpc) is 2.91. The van der Waals surface area contributed by atoms with Crippen LogP contribution in [0.3, 0.4) is 0 Å². The number of amides is 3. The molecule has 0 aliphatic heterocycles. The number of hydrazine groups is 1. The van der Waals surface area contributed by atoms with Crippen LogP contribution in [0.15, 0.2) is 41.0 Å². The molecule has 116 valence electrons. The van der Waals surface area contributed by atoms with Crippen LogP contribution < -0.4 is 16.2 Å². The van der Waals surface area contributed by atoms with E-state index in [-0.39, 0.29) is 6.04 Å². The number of halogens is 2. The monoisotopic (exact) mass is 384 g/mol. The van der Waals surface area contributed by atoms with Crippen LogP contribution in [0.1, 0.15) is 29.0 Å². The Morgan fingerprint density at radius 3 is 2.64 bits per heavy atom. The molecule has 2 aromatic rings. The van der Waals surface area contributed by atoms with Gasteiger partial charge in [0, 0.05) is 15.7 Å². The summed E-state index contributed by atoms with van der Waals surface area (Å²) in [6.07, 6.45) is 1.62. The quantitative estimate of drug-likeness (QED) is 0.612. The third-order valence-electron chi connectivity index (χ3n) is 2.90. The highest BCUT2D eigenvalue weighted by atomic mass is 79.9. The summed E-state index contributed by atoms with van der Waals surface area (Å²) in [4.78, 5) is 26.3. The van der Waals surface area contributed by atoms with Gasteiger partial charge in [0.05, 0.1) is 6.04 Å². The molecule has 2 rings (SSSR count). The number of benzene rings is 1. The van der Waals surface area contributed by atoms with Crippen LogP contribution in [0.2, 0.25) is 5.02 Å². The van der Waals surface area contributed by atoms with E-state index >= 15 is 0 Å². The van der Waals surface area contributed by atoms with Crippen molar-refractivity contribution in [3.8, 4) is 0 Å². The average molecular weight is 386 g/mol. The summed E-state index contributed by atoms with van der Waals surface area (Å²) in [5.41, 5.74) is 5.70. The lowest BCUT2D eigenvalue weighted by atomic mass is 10.1. The van der Waals surface area contributed by atoms with Gasteiger partial charge in [-0.2, -0.15) is 0 Å². The molecule has 1 aromatic heterocycles. The van der Waals surface area contributed by atoms with Crippen LogP contribution in [-0.2, 0) is 0 Å². The predicted molar refractivity (Wildman–Crippen MR) is 87.5 cm³/mol. The third kappa shape index (κ3) is 4.25. The molecule has 1 aromatic carbocycles. The van der Waals surface area contributed by atoms with Crippen molar-refractivity contribution >= 4 is 39.5 Å². The van der Waals surface area contributed by atoms with Gasteiger partial charge in [0.25, 0.3) is 5.91 Å². The van der Waals surface area contributed by atoms with Crippen molar-refractivity contribution in [2.45, 2.75) is 13.0 Å². The Bertz CT molecular complexity index is 689. The zero-order valence-corrected chi connectivity index (χ0v) is 14.0. The molecule has 1 atom stereocenters. The van der Waals surface area contributed by atoms with Crippen molar-refractivity contribution in [2.75, 3.05) is 0 Å². The number of rotatable bonds is 3. The van der Waals surface area contributed by atoms with Gasteiger partial charge < -0.3 is 10.3 Å². The second-order valence-corrected chi connectivity index (χ2v) is 5.85. The molecule has 8 heteroatoms. The maximum absolute atomic E-state index is 11.8. The van der Waals surface area contributed by atoms with Gasteiger partial charge in [-0.1, -0.05) is 29.8 Å². The molecule has 0 bridgehead atoms. The molecule has 4 N–H and O–H groups in total. The van der Waals surface area contributed by atoms with Gasteiger partial charge in [-0.15, -0.1) is 0 Å². The predicted octanol–water partition coefficient (Wildman–Crippen LogP) is 3.14. The van der Waals surface area contributed by atoms with Crippen LogP contribution in [-0.4, -0.2) is 16.9 Å². The summed E-state index contributed by atoms with van der Waals surface area (Å²) in [5.74, 6) is -0.453. The molecule has 0 spiro atoms. The summed E-state index contributed by atoms with van der Waals surface area (Å²) < 4.78 is 0.745. The minimum absolute atomic E-state index is 0.301. The highest BCUT2D eigenvalue weighted by molar-refractivity contribution is 9.10. The summed E-state index contributed by atoms with van der Waals surface area (Å²) >= 11 is 9.28. The number of hydrogen-bond donors (Lipinski definition) is 4. The Hall–Kier alpha value is -1.99. The number of aromatic amines is 1. The number of urea groups is 1. The summed E-state index contributed by atoms with van der Waals surface area (Å²) in [7, 11) is 0. The Morgan fingerprint density at radius 1 is 1.27 bits per heavy atom. The molecule has 0 saturated carbocycles. The van der Waals surface area contributed by atoms with Gasteiger partial charge in [-0.05, 0) is 40.5 Å². The van der Waals surface area contributed by atoms with Crippen molar-refractivity contribution in [2.24, 2.45) is 0 Å². The number of carbonyl (C=O) groups excluding carboxylic acids is 2. The first kappa shape index (κ1) is 16.4. The van der Waals surface area contributed by atoms with Crippen LogP contribution >= 0.6 is 27.5 Å². The molecular weight excluding hydrogens is 372 g/mol. The number of aromatic nitrogens is 1. The largest absolute Gasteiger partial charge is 0.356 e. The Morgan fingerprint density at radius 2 is 2.00 bits per heavy atom. The Labute approximate surface area is 140 Å². The van der Waals surface area contributed by atoms with E-state index in [1.54, 1.807) is 25.3 Å². The number of H-pyrrole nitrogens is 1. The zero-order valence-electron chi connectivity index (χ0n) is 11.6. The molecule has 0 radical (unpaired) electrons. The van der Waals surface area contributed by atoms with Crippen molar-refractivity contribution in [3.05, 3.63) is 57.3 Å². The van der Waals surface area contributed by atoms with Crippen molar-refractivity contribution in [3.63, 3.8) is 0 Å². The molecule has 3 amide bonds. The SMILES string of the molecule is CC(NC(=O)NNC(=O)c1cc(Br)c[nH]1)c1ccccc1Cl. The highest BCUT2D eigenvalue weighted by Crippen LogP contribution is 2.21. The van der Waals surface area contributed by atoms with Crippen molar-refractivity contribution < 1.29 is 9.59 Å². The normalized spacial score (nSPS) is 11.6. The van der Waals surface area contributed by atoms with Gasteiger partial charge >= 0.3 is 6.03 Å². The van der Waals surface area contributed by atoms with Crippen LogP contribution in [0.5, 0.6) is 0 Å². The van der Waals surface area contributed by atoms with Gasteiger partial charge in [-0.3, -0.25) is 10.2 Å². The Balaban J connectivity index is 1.85. The minimum atomic E-state index is -0.536. The van der Waals surface area contributed by atoms with E-state index in [4.69, 9.17) is 11.6 Å². The van der Waals surface area contributed by atoms with Crippen LogP contribution in [0.4, 0.5) is 4.79 Å². The summed E-state index contributed by atoms with van der Waals surface area (Å²) in [6.45, 7) is 1.80. The third-order valence-corrected chi connectivity index (χ3v) is 3.70. The topological polar surface area (TPSA) is 86.0 Å². The molecule has 0 aliphatic rings. The fraction of sp³-hybridized carbons (Fsp3) is 0.143. The van der Waals surface area contributed by atoms with Crippen molar-refractivity contribution in [1.29, 1.82) is 0 Å². The summed E-state index contributed by atoms with van der Waals surface area (Å²) in [5, 5.41) is 3.25. The Kier molecular flexibility index (Phi) is 5.46. The lowest BCUT2D eigenvalue weighted by Gasteiger charge is -2.16. The van der Waals surface area contributed by atoms with E-state index in [0.717, 1.165) is 10.0 Å². The molecular formula is C14H14BrClN4O2. The maximum Gasteiger partial charge on any atom is 0.333 e. The summed E-state index contributed by atoms with van der Waals surface area (Å²) in [6, 6.07) is 7.98. The fourth-order valence-electron chi connectivity index (χ4n) is 1.82. The molecule has 1 unspecified atom stereocenters. The van der Waals surface area contributed by atoms with E-state index < -0.39 is 11.9 Å². The van der Waals surface area contributed by atoms with Gasteiger partial charge in [0.1, 0.15) is 5.69 Å². The van der Waals surface area contributed by atoms with Gasteiger partial charge in [-0.25, -0.2) is 10.2 Å². The van der Waals surface area contributed by atoms with Gasteiger partial charge in [0.2, 0.25) is 0 Å². The first-order chi connectivity index (χ1) is 10.5. The number of nitrogens with one attached hydrogen (secondary N) is 4. The molecule has 6 nitrogen and oxygen atoms in total. The second kappa shape index (κ2) is 7.33. The molecule has 0 fully saturated rings. The van der Waals surface area contributed by atoms with E-state index in [1.165, 1.54) is 0 Å². The van der Waals surface area contributed by atoms with Gasteiger partial charge in [0.15, 0.2) is 0 Å². The fourth-order valence-corrected chi connectivity index (χ4v) is 2.46. The van der Waals surface area contributed by atoms with Crippen LogP contribution in [0, 0.1) is 0 Å². The molecule has 22 heavy (non-hydrogen) atoms. The minimum Gasteiger partial charge on any atom is -0.356 e. The molecule has 0 aliphatic carbocycles. The first-order valence-corrected chi connectivity index (χ1v) is 7.59. The zero-order chi connectivity index (χ0) is 16.1. The number of hydrogen-bond acceptors (Lipinski definition) is 2. The lowest BCUT2D eigenvalue weighted by molar-refractivity contribution is 0.0931. The van der Waals surface area contributed by atoms with E-state index in [1.807, 2.05) is 18.2 Å². The first-order valence-electron chi connectivity index (χ1n) is 6.42. The highest BCUT2D eigenvalue weighted by Gasteiger charge is 2.13. The molecule has 1 heterocycles. The second-order valence-electron chi connectivity index (χ2n) is 4.53. The van der Waals surface area contributed by atoms with E-state index in [0.29, 0.717) is 10.7 Å². The van der Waals surface area contributed by atoms with Crippen molar-refractivity contribution in [1.82, 2.24) is 21.2 Å². The number of carbonyl (C=O) groups is 2. The standard InChI is InChI=1S/C14H14BrClN4O2/c1-8(10-4-2-3-5-11(10)16)18-14(22)20-19-13(21)12-6-9(15)7-17-12/h2-8,17H,1H3,(H,19,21)(H2,18,20,22). The maximum atomic E-state index is 11.8. The van der Waals surface area contributed by atoms with E-state index in [9.17, 15) is 9.59 Å². The smallest absolute Gasteiger partial charge is 0.333 e.